The Balaban J connectivity index is 1.76. The van der Waals surface area contributed by atoms with Crippen LogP contribution in [0.5, 0.6) is 0 Å². The average Bonchev–Trinajstić information content (AvgIpc) is 3.12. The van der Waals surface area contributed by atoms with Gasteiger partial charge in [0.25, 0.3) is 5.91 Å². The zero-order valence-corrected chi connectivity index (χ0v) is 10.9. The Morgan fingerprint density at radius 3 is 2.94 bits per heavy atom. The third kappa shape index (κ3) is 3.62. The number of carbonyl (C=O) groups is 1. The van der Waals surface area contributed by atoms with Gasteiger partial charge in [-0.05, 0) is 30.9 Å². The number of rotatable bonds is 6. The normalized spacial score (nSPS) is 14.5. The van der Waals surface area contributed by atoms with E-state index in [2.05, 4.69) is 5.32 Å². The zero-order chi connectivity index (χ0) is 13.0. The van der Waals surface area contributed by atoms with Crippen LogP contribution in [0.25, 0.3) is 0 Å². The lowest BCUT2D eigenvalue weighted by atomic mass is 10.1. The second-order valence-electron chi connectivity index (χ2n) is 4.48. The van der Waals surface area contributed by atoms with Crippen molar-refractivity contribution in [3.63, 3.8) is 0 Å². The standard InChI is InChI=1S/C13H17ClN2O2/c14-10-2-1-3-11(15)12(10)13(17)16-6-7-18-8-9-4-5-9/h1-3,9H,4-8,15H2,(H,16,17). The molecule has 0 bridgehead atoms. The van der Waals surface area contributed by atoms with Gasteiger partial charge in [-0.15, -0.1) is 0 Å². The molecule has 0 spiro atoms. The summed E-state index contributed by atoms with van der Waals surface area (Å²) in [7, 11) is 0. The number of halogens is 1. The van der Waals surface area contributed by atoms with Gasteiger partial charge in [-0.25, -0.2) is 0 Å². The number of hydrogen-bond donors (Lipinski definition) is 2. The summed E-state index contributed by atoms with van der Waals surface area (Å²) in [6, 6.07) is 5.02. The van der Waals surface area contributed by atoms with Crippen molar-refractivity contribution in [2.75, 3.05) is 25.5 Å². The molecule has 0 aliphatic heterocycles. The number of amides is 1. The first-order valence-electron chi connectivity index (χ1n) is 6.08. The summed E-state index contributed by atoms with van der Waals surface area (Å²) < 4.78 is 5.43. The molecule has 1 aliphatic carbocycles. The molecule has 5 heteroatoms. The number of nitrogens with one attached hydrogen (secondary N) is 1. The molecule has 1 aliphatic rings. The highest BCUT2D eigenvalue weighted by Crippen LogP contribution is 2.28. The van der Waals surface area contributed by atoms with Crippen molar-refractivity contribution in [2.45, 2.75) is 12.8 Å². The van der Waals surface area contributed by atoms with Gasteiger partial charge in [0.05, 0.1) is 17.2 Å². The molecule has 18 heavy (non-hydrogen) atoms. The minimum absolute atomic E-state index is 0.256. The number of anilines is 1. The fraction of sp³-hybridized carbons (Fsp3) is 0.462. The Labute approximate surface area is 111 Å². The predicted octanol–water partition coefficient (Wildman–Crippen LogP) is 2.08. The molecule has 2 rings (SSSR count). The predicted molar refractivity (Wildman–Crippen MR) is 71.7 cm³/mol. The van der Waals surface area contributed by atoms with Crippen molar-refractivity contribution in [1.82, 2.24) is 5.32 Å². The molecule has 4 nitrogen and oxygen atoms in total. The van der Waals surface area contributed by atoms with E-state index in [0.717, 1.165) is 12.5 Å². The molecule has 0 atom stereocenters. The van der Waals surface area contributed by atoms with Crippen LogP contribution in [0, 0.1) is 5.92 Å². The highest BCUT2D eigenvalue weighted by atomic mass is 35.5. The number of nitrogens with two attached hydrogens (primary N) is 1. The number of ether oxygens (including phenoxy) is 1. The van der Waals surface area contributed by atoms with Crippen LogP contribution in [0.4, 0.5) is 5.69 Å². The fourth-order valence-electron chi connectivity index (χ4n) is 1.64. The lowest BCUT2D eigenvalue weighted by molar-refractivity contribution is 0.0907. The van der Waals surface area contributed by atoms with Crippen molar-refractivity contribution in [2.24, 2.45) is 5.92 Å². The highest BCUT2D eigenvalue weighted by molar-refractivity contribution is 6.34. The quantitative estimate of drug-likeness (QED) is 0.613. The van der Waals surface area contributed by atoms with Crippen molar-refractivity contribution >= 4 is 23.2 Å². The van der Waals surface area contributed by atoms with Gasteiger partial charge in [0.1, 0.15) is 0 Å². The smallest absolute Gasteiger partial charge is 0.254 e. The van der Waals surface area contributed by atoms with Gasteiger partial charge < -0.3 is 15.8 Å². The van der Waals surface area contributed by atoms with E-state index in [0.29, 0.717) is 29.4 Å². The third-order valence-electron chi connectivity index (χ3n) is 2.86. The molecule has 1 fully saturated rings. The molecule has 0 aromatic heterocycles. The van der Waals surface area contributed by atoms with Crippen LogP contribution in [0.2, 0.25) is 5.02 Å². The van der Waals surface area contributed by atoms with Crippen LogP contribution in [-0.2, 0) is 4.74 Å². The zero-order valence-electron chi connectivity index (χ0n) is 10.1. The van der Waals surface area contributed by atoms with Crippen LogP contribution in [0.3, 0.4) is 0 Å². The maximum atomic E-state index is 11.9. The molecule has 1 saturated carbocycles. The van der Waals surface area contributed by atoms with Gasteiger partial charge >= 0.3 is 0 Å². The molecular weight excluding hydrogens is 252 g/mol. The Morgan fingerprint density at radius 2 is 2.28 bits per heavy atom. The first-order valence-corrected chi connectivity index (χ1v) is 6.46. The largest absolute Gasteiger partial charge is 0.398 e. The Hall–Kier alpha value is -1.26. The van der Waals surface area contributed by atoms with E-state index in [9.17, 15) is 4.79 Å². The minimum atomic E-state index is -0.256. The topological polar surface area (TPSA) is 64.4 Å². The highest BCUT2D eigenvalue weighted by Gasteiger charge is 2.21. The van der Waals surface area contributed by atoms with Crippen molar-refractivity contribution in [3.8, 4) is 0 Å². The lowest BCUT2D eigenvalue weighted by Crippen LogP contribution is -2.28. The van der Waals surface area contributed by atoms with Crippen LogP contribution < -0.4 is 11.1 Å². The molecule has 1 aromatic carbocycles. The molecular formula is C13H17ClN2O2. The van der Waals surface area contributed by atoms with Crippen molar-refractivity contribution in [1.29, 1.82) is 0 Å². The number of hydrogen-bond acceptors (Lipinski definition) is 3. The van der Waals surface area contributed by atoms with E-state index in [1.807, 2.05) is 0 Å². The second kappa shape index (κ2) is 6.07. The first-order chi connectivity index (χ1) is 8.68. The molecule has 3 N–H and O–H groups in total. The molecule has 0 saturated heterocycles. The Bertz CT molecular complexity index is 413. The van der Waals surface area contributed by atoms with Gasteiger partial charge in [-0.1, -0.05) is 17.7 Å². The first kappa shape index (κ1) is 13.2. The van der Waals surface area contributed by atoms with Gasteiger partial charge in [0.2, 0.25) is 0 Å². The fourth-order valence-corrected chi connectivity index (χ4v) is 1.91. The van der Waals surface area contributed by atoms with Gasteiger partial charge in [-0.3, -0.25) is 4.79 Å². The van der Waals surface area contributed by atoms with Crippen molar-refractivity contribution in [3.05, 3.63) is 28.8 Å². The summed E-state index contributed by atoms with van der Waals surface area (Å²) in [5.74, 6) is 0.480. The maximum Gasteiger partial charge on any atom is 0.254 e. The van der Waals surface area contributed by atoms with E-state index in [4.69, 9.17) is 22.1 Å². The van der Waals surface area contributed by atoms with E-state index >= 15 is 0 Å². The lowest BCUT2D eigenvalue weighted by Gasteiger charge is -2.09. The van der Waals surface area contributed by atoms with Crippen LogP contribution in [0.1, 0.15) is 23.2 Å². The summed E-state index contributed by atoms with van der Waals surface area (Å²) in [6.45, 7) is 1.78. The summed E-state index contributed by atoms with van der Waals surface area (Å²) >= 11 is 5.94. The van der Waals surface area contributed by atoms with E-state index in [1.54, 1.807) is 18.2 Å². The summed E-state index contributed by atoms with van der Waals surface area (Å²) in [4.78, 5) is 11.9. The maximum absolute atomic E-state index is 11.9. The van der Waals surface area contributed by atoms with Crippen LogP contribution >= 0.6 is 11.6 Å². The SMILES string of the molecule is Nc1cccc(Cl)c1C(=O)NCCOCC1CC1. The summed E-state index contributed by atoms with van der Waals surface area (Å²) in [5.41, 5.74) is 6.45. The average molecular weight is 269 g/mol. The number of carbonyl (C=O) groups excluding carboxylic acids is 1. The van der Waals surface area contributed by atoms with Crippen LogP contribution in [-0.4, -0.2) is 25.7 Å². The second-order valence-corrected chi connectivity index (χ2v) is 4.89. The molecule has 1 aromatic rings. The summed E-state index contributed by atoms with van der Waals surface area (Å²) in [6.07, 6.45) is 2.53. The monoisotopic (exact) mass is 268 g/mol. The van der Waals surface area contributed by atoms with Gasteiger partial charge in [0.15, 0.2) is 0 Å². The molecule has 0 radical (unpaired) electrons. The summed E-state index contributed by atoms with van der Waals surface area (Å²) in [5, 5.41) is 3.11. The van der Waals surface area contributed by atoms with E-state index < -0.39 is 0 Å². The molecule has 0 heterocycles. The van der Waals surface area contributed by atoms with Crippen molar-refractivity contribution < 1.29 is 9.53 Å². The van der Waals surface area contributed by atoms with E-state index in [1.165, 1.54) is 12.8 Å². The minimum Gasteiger partial charge on any atom is -0.398 e. The Morgan fingerprint density at radius 1 is 1.50 bits per heavy atom. The van der Waals surface area contributed by atoms with Gasteiger partial charge in [0, 0.05) is 18.8 Å². The third-order valence-corrected chi connectivity index (χ3v) is 3.17. The van der Waals surface area contributed by atoms with E-state index in [-0.39, 0.29) is 5.91 Å². The molecule has 98 valence electrons. The molecule has 0 unspecified atom stereocenters. The molecule has 1 amide bonds. The Kier molecular flexibility index (Phi) is 4.44. The number of nitrogen functional groups attached to an aromatic ring is 1. The van der Waals surface area contributed by atoms with Gasteiger partial charge in [-0.2, -0.15) is 0 Å². The number of benzene rings is 1. The van der Waals surface area contributed by atoms with Crippen LogP contribution in [0.15, 0.2) is 18.2 Å².